The van der Waals surface area contributed by atoms with Gasteiger partial charge in [-0.1, -0.05) is 49.0 Å². The summed E-state index contributed by atoms with van der Waals surface area (Å²) in [7, 11) is 1.91. The zero-order chi connectivity index (χ0) is 15.2. The van der Waals surface area contributed by atoms with Gasteiger partial charge in [-0.25, -0.2) is 0 Å². The summed E-state index contributed by atoms with van der Waals surface area (Å²) in [5.74, 6) is 1.18. The summed E-state index contributed by atoms with van der Waals surface area (Å²) in [6, 6.07) is 10.1. The Hall–Kier alpha value is -1.82. The maximum absolute atomic E-state index is 11.8. The van der Waals surface area contributed by atoms with E-state index in [0.717, 1.165) is 23.0 Å². The molecule has 1 heterocycles. The first-order valence-corrected chi connectivity index (χ1v) is 7.97. The SMILES string of the molecule is CCC(C)NC(=O)CSc1nnc(-c2ccccc2)n1C. The minimum atomic E-state index is 0.0265. The Balaban J connectivity index is 2.00. The Labute approximate surface area is 129 Å². The topological polar surface area (TPSA) is 59.8 Å². The molecule has 0 saturated heterocycles. The van der Waals surface area contributed by atoms with Crippen LogP contribution in [-0.4, -0.2) is 32.5 Å². The molecule has 0 aliphatic carbocycles. The molecule has 0 spiro atoms. The third-order valence-corrected chi connectivity index (χ3v) is 4.24. The fourth-order valence-corrected chi connectivity index (χ4v) is 2.55. The molecule has 0 aliphatic rings. The van der Waals surface area contributed by atoms with Crippen LogP contribution in [0.25, 0.3) is 11.4 Å². The van der Waals surface area contributed by atoms with Crippen LogP contribution in [0.2, 0.25) is 0 Å². The summed E-state index contributed by atoms with van der Waals surface area (Å²) in [6.07, 6.45) is 0.929. The minimum absolute atomic E-state index is 0.0265. The van der Waals surface area contributed by atoms with Gasteiger partial charge in [0.15, 0.2) is 11.0 Å². The molecule has 1 amide bonds. The lowest BCUT2D eigenvalue weighted by Crippen LogP contribution is -2.33. The minimum Gasteiger partial charge on any atom is -0.353 e. The van der Waals surface area contributed by atoms with Crippen LogP contribution >= 0.6 is 11.8 Å². The highest BCUT2D eigenvalue weighted by Gasteiger charge is 2.13. The van der Waals surface area contributed by atoms with Crippen molar-refractivity contribution < 1.29 is 4.79 Å². The van der Waals surface area contributed by atoms with Gasteiger partial charge in [0.05, 0.1) is 5.75 Å². The monoisotopic (exact) mass is 304 g/mol. The molecule has 5 nitrogen and oxygen atoms in total. The highest BCUT2D eigenvalue weighted by Crippen LogP contribution is 2.22. The summed E-state index contributed by atoms with van der Waals surface area (Å²) in [5, 5.41) is 12.0. The molecule has 1 N–H and O–H groups in total. The number of thioether (sulfide) groups is 1. The predicted molar refractivity (Wildman–Crippen MR) is 85.1 cm³/mol. The molecule has 1 aromatic carbocycles. The first-order chi connectivity index (χ1) is 10.1. The molecule has 0 saturated carbocycles. The third-order valence-electron chi connectivity index (χ3n) is 3.22. The Morgan fingerprint density at radius 3 is 2.71 bits per heavy atom. The van der Waals surface area contributed by atoms with Gasteiger partial charge in [-0.05, 0) is 13.3 Å². The average molecular weight is 304 g/mol. The molecule has 0 radical (unpaired) electrons. The van der Waals surface area contributed by atoms with Crippen LogP contribution < -0.4 is 5.32 Å². The van der Waals surface area contributed by atoms with E-state index in [0.29, 0.717) is 5.75 Å². The highest BCUT2D eigenvalue weighted by atomic mass is 32.2. The van der Waals surface area contributed by atoms with E-state index in [1.807, 2.05) is 55.8 Å². The van der Waals surface area contributed by atoms with Crippen LogP contribution in [0.5, 0.6) is 0 Å². The van der Waals surface area contributed by atoms with Gasteiger partial charge in [0.2, 0.25) is 5.91 Å². The maximum Gasteiger partial charge on any atom is 0.230 e. The molecular formula is C15H20N4OS. The van der Waals surface area contributed by atoms with E-state index in [2.05, 4.69) is 15.5 Å². The fraction of sp³-hybridized carbons (Fsp3) is 0.400. The molecule has 112 valence electrons. The number of carbonyl (C=O) groups is 1. The lowest BCUT2D eigenvalue weighted by atomic mass is 10.2. The number of aromatic nitrogens is 3. The predicted octanol–water partition coefficient (Wildman–Crippen LogP) is 2.49. The fourth-order valence-electron chi connectivity index (χ4n) is 1.83. The molecule has 1 unspecified atom stereocenters. The van der Waals surface area contributed by atoms with Crippen molar-refractivity contribution in [3.63, 3.8) is 0 Å². The van der Waals surface area contributed by atoms with Crippen molar-refractivity contribution in [3.05, 3.63) is 30.3 Å². The van der Waals surface area contributed by atoms with Crippen LogP contribution in [-0.2, 0) is 11.8 Å². The number of nitrogens with one attached hydrogen (secondary N) is 1. The molecule has 6 heteroatoms. The van der Waals surface area contributed by atoms with Crippen LogP contribution in [0.15, 0.2) is 35.5 Å². The quantitative estimate of drug-likeness (QED) is 0.833. The van der Waals surface area contributed by atoms with Gasteiger partial charge < -0.3 is 9.88 Å². The van der Waals surface area contributed by atoms with Crippen LogP contribution in [0.4, 0.5) is 0 Å². The van der Waals surface area contributed by atoms with Gasteiger partial charge >= 0.3 is 0 Å². The molecule has 0 fully saturated rings. The zero-order valence-corrected chi connectivity index (χ0v) is 13.4. The van der Waals surface area contributed by atoms with Crippen molar-refractivity contribution in [2.75, 3.05) is 5.75 Å². The van der Waals surface area contributed by atoms with Crippen molar-refractivity contribution in [1.82, 2.24) is 20.1 Å². The summed E-state index contributed by atoms with van der Waals surface area (Å²) in [5.41, 5.74) is 1.02. The lowest BCUT2D eigenvalue weighted by Gasteiger charge is -2.10. The second kappa shape index (κ2) is 7.26. The number of benzene rings is 1. The maximum atomic E-state index is 11.8. The molecule has 2 aromatic rings. The van der Waals surface area contributed by atoms with Crippen LogP contribution in [0, 0.1) is 0 Å². The first-order valence-electron chi connectivity index (χ1n) is 6.98. The number of amides is 1. The van der Waals surface area contributed by atoms with Crippen molar-refractivity contribution in [2.24, 2.45) is 7.05 Å². The van der Waals surface area contributed by atoms with Crippen LogP contribution in [0.3, 0.4) is 0 Å². The Morgan fingerprint density at radius 2 is 2.05 bits per heavy atom. The molecule has 0 aliphatic heterocycles. The van der Waals surface area contributed by atoms with E-state index in [-0.39, 0.29) is 11.9 Å². The van der Waals surface area contributed by atoms with Crippen molar-refractivity contribution in [1.29, 1.82) is 0 Å². The molecule has 1 aromatic heterocycles. The summed E-state index contributed by atoms with van der Waals surface area (Å²) in [4.78, 5) is 11.8. The van der Waals surface area contributed by atoms with E-state index in [1.54, 1.807) is 0 Å². The zero-order valence-electron chi connectivity index (χ0n) is 12.5. The standard InChI is InChI=1S/C15H20N4OS/c1-4-11(2)16-13(20)10-21-15-18-17-14(19(15)3)12-8-6-5-7-9-12/h5-9,11H,4,10H2,1-3H3,(H,16,20). The number of hydrogen-bond donors (Lipinski definition) is 1. The van der Waals surface area contributed by atoms with Gasteiger partial charge in [0.25, 0.3) is 0 Å². The Bertz CT molecular complexity index is 597. The number of carbonyl (C=O) groups excluding carboxylic acids is 1. The number of hydrogen-bond acceptors (Lipinski definition) is 4. The molecule has 21 heavy (non-hydrogen) atoms. The third kappa shape index (κ3) is 4.07. The second-order valence-corrected chi connectivity index (χ2v) is 5.84. The number of nitrogens with zero attached hydrogens (tertiary/aromatic N) is 3. The largest absolute Gasteiger partial charge is 0.353 e. The van der Waals surface area contributed by atoms with Crippen molar-refractivity contribution in [2.45, 2.75) is 31.5 Å². The van der Waals surface area contributed by atoms with Crippen molar-refractivity contribution in [3.8, 4) is 11.4 Å². The van der Waals surface area contributed by atoms with E-state index >= 15 is 0 Å². The second-order valence-electron chi connectivity index (χ2n) is 4.90. The molecule has 0 bridgehead atoms. The molecule has 2 rings (SSSR count). The number of rotatable bonds is 6. The van der Waals surface area contributed by atoms with Gasteiger partial charge in [-0.3, -0.25) is 4.79 Å². The van der Waals surface area contributed by atoms with E-state index in [4.69, 9.17) is 0 Å². The van der Waals surface area contributed by atoms with Gasteiger partial charge in [-0.15, -0.1) is 10.2 Å². The van der Waals surface area contributed by atoms with E-state index < -0.39 is 0 Å². The summed E-state index contributed by atoms with van der Waals surface area (Å²) in [6.45, 7) is 4.05. The summed E-state index contributed by atoms with van der Waals surface area (Å²) >= 11 is 1.40. The van der Waals surface area contributed by atoms with Gasteiger partial charge in [0, 0.05) is 18.7 Å². The molecular weight excluding hydrogens is 284 g/mol. The smallest absolute Gasteiger partial charge is 0.230 e. The normalized spacial score (nSPS) is 12.1. The lowest BCUT2D eigenvalue weighted by molar-refractivity contribution is -0.119. The van der Waals surface area contributed by atoms with E-state index in [1.165, 1.54) is 11.8 Å². The first kappa shape index (κ1) is 15.6. The Morgan fingerprint density at radius 1 is 1.33 bits per heavy atom. The Kier molecular flexibility index (Phi) is 5.38. The molecule has 1 atom stereocenters. The van der Waals surface area contributed by atoms with Gasteiger partial charge in [0.1, 0.15) is 0 Å². The average Bonchev–Trinajstić information content (AvgIpc) is 2.87. The van der Waals surface area contributed by atoms with Crippen molar-refractivity contribution >= 4 is 17.7 Å². The van der Waals surface area contributed by atoms with E-state index in [9.17, 15) is 4.79 Å². The summed E-state index contributed by atoms with van der Waals surface area (Å²) < 4.78 is 1.91. The van der Waals surface area contributed by atoms with Crippen LogP contribution in [0.1, 0.15) is 20.3 Å². The van der Waals surface area contributed by atoms with Gasteiger partial charge in [-0.2, -0.15) is 0 Å². The highest BCUT2D eigenvalue weighted by molar-refractivity contribution is 7.99.